The van der Waals surface area contributed by atoms with Crippen molar-refractivity contribution in [3.8, 4) is 0 Å². The highest BCUT2D eigenvalue weighted by atomic mass is 32.2. The molecule has 1 aliphatic carbocycles. The molecule has 0 radical (unpaired) electrons. The number of rotatable bonds is 9. The Balaban J connectivity index is 1.61. The molecular formula is C30H40N2O5S. The van der Waals surface area contributed by atoms with Crippen LogP contribution in [-0.2, 0) is 19.6 Å². The summed E-state index contributed by atoms with van der Waals surface area (Å²) in [5.74, 6) is 1.01. The average Bonchev–Trinajstić information content (AvgIpc) is 3.18. The molecule has 1 saturated heterocycles. The second kappa shape index (κ2) is 11.2. The maximum atomic E-state index is 13.7. The van der Waals surface area contributed by atoms with Crippen molar-refractivity contribution < 1.29 is 22.7 Å². The van der Waals surface area contributed by atoms with Crippen molar-refractivity contribution in [3.63, 3.8) is 0 Å². The van der Waals surface area contributed by atoms with Crippen molar-refractivity contribution in [1.82, 2.24) is 8.87 Å². The van der Waals surface area contributed by atoms with E-state index in [1.54, 1.807) is 18.3 Å². The first-order valence-electron chi connectivity index (χ1n) is 13.6. The Morgan fingerprint density at radius 3 is 2.58 bits per heavy atom. The van der Waals surface area contributed by atoms with Gasteiger partial charge in [0.25, 0.3) is 0 Å². The molecule has 1 aliphatic heterocycles. The fraction of sp³-hybridized carbons (Fsp3) is 0.533. The number of methoxy groups -OCH3 is 1. The number of Topliss-reactive ketones (excluding diaryl/α,β-unsaturated/α-hetero) is 2. The van der Waals surface area contributed by atoms with Gasteiger partial charge in [0, 0.05) is 59.2 Å². The molecule has 2 heterocycles. The lowest BCUT2D eigenvalue weighted by Crippen LogP contribution is -2.46. The number of hydrogen-bond acceptors (Lipinski definition) is 5. The van der Waals surface area contributed by atoms with E-state index >= 15 is 0 Å². The molecule has 0 amide bonds. The first kappa shape index (κ1) is 28.3. The lowest BCUT2D eigenvalue weighted by Gasteiger charge is -2.39. The van der Waals surface area contributed by atoms with Gasteiger partial charge in [0.1, 0.15) is 5.76 Å². The van der Waals surface area contributed by atoms with E-state index in [4.69, 9.17) is 4.74 Å². The van der Waals surface area contributed by atoms with Gasteiger partial charge in [-0.25, -0.2) is 8.42 Å². The summed E-state index contributed by atoms with van der Waals surface area (Å²) < 4.78 is 34.4. The van der Waals surface area contributed by atoms with E-state index in [9.17, 15) is 18.0 Å². The molecule has 0 saturated carbocycles. The molecule has 1 fully saturated rings. The lowest BCUT2D eigenvalue weighted by atomic mass is 9.87. The second-order valence-corrected chi connectivity index (χ2v) is 13.0. The smallest absolute Gasteiger partial charge is 0.214 e. The molecule has 0 N–H and O–H groups in total. The summed E-state index contributed by atoms with van der Waals surface area (Å²) in [5, 5.41) is 0.924. The molecule has 2 aliphatic rings. The van der Waals surface area contributed by atoms with Crippen LogP contribution in [0.3, 0.4) is 0 Å². The number of sulfonamides is 1. The maximum absolute atomic E-state index is 13.7. The number of ketones is 2. The summed E-state index contributed by atoms with van der Waals surface area (Å²) in [5.41, 5.74) is 4.19. The molecule has 38 heavy (non-hydrogen) atoms. The Morgan fingerprint density at radius 1 is 1.21 bits per heavy atom. The maximum Gasteiger partial charge on any atom is 0.214 e. The van der Waals surface area contributed by atoms with Crippen molar-refractivity contribution in [2.24, 2.45) is 5.92 Å². The van der Waals surface area contributed by atoms with Gasteiger partial charge in [0.15, 0.2) is 11.6 Å². The van der Waals surface area contributed by atoms with E-state index in [-0.39, 0.29) is 41.7 Å². The largest absolute Gasteiger partial charge is 0.496 e. The predicted molar refractivity (Wildman–Crippen MR) is 151 cm³/mol. The first-order valence-corrected chi connectivity index (χ1v) is 15.2. The van der Waals surface area contributed by atoms with Crippen LogP contribution in [0.5, 0.6) is 0 Å². The molecule has 8 heteroatoms. The number of carbonyl (C=O) groups excluding carboxylic acids is 2. The van der Waals surface area contributed by atoms with E-state index in [2.05, 4.69) is 17.6 Å². The van der Waals surface area contributed by atoms with Gasteiger partial charge in [-0.15, -0.1) is 0 Å². The van der Waals surface area contributed by atoms with E-state index < -0.39 is 10.0 Å². The van der Waals surface area contributed by atoms with Gasteiger partial charge in [0.2, 0.25) is 10.0 Å². The predicted octanol–water partition coefficient (Wildman–Crippen LogP) is 5.74. The topological polar surface area (TPSA) is 85.7 Å². The van der Waals surface area contributed by atoms with E-state index in [0.717, 1.165) is 35.0 Å². The number of piperidine rings is 1. The number of ether oxygens (including phenoxy) is 1. The van der Waals surface area contributed by atoms with Crippen LogP contribution in [-0.4, -0.2) is 54.3 Å². The van der Waals surface area contributed by atoms with Gasteiger partial charge < -0.3 is 9.30 Å². The third-order valence-corrected chi connectivity index (χ3v) is 10.4. The molecule has 1 aromatic heterocycles. The number of benzene rings is 1. The fourth-order valence-electron chi connectivity index (χ4n) is 6.35. The lowest BCUT2D eigenvalue weighted by molar-refractivity contribution is -0.115. The summed E-state index contributed by atoms with van der Waals surface area (Å²) in [6.45, 7) is 10.3. The number of carbonyl (C=O) groups is 2. The number of allylic oxidation sites excluding steroid dienone is 3. The van der Waals surface area contributed by atoms with Crippen molar-refractivity contribution in [2.45, 2.75) is 78.8 Å². The summed E-state index contributed by atoms with van der Waals surface area (Å²) in [4.78, 5) is 26.3. The minimum Gasteiger partial charge on any atom is -0.496 e. The molecule has 206 valence electrons. The molecule has 2 aromatic rings. The SMILES string of the molecule is CCS(=O)(=O)N1CCC(C(C)n2c(C)c(C(=O)CCC3=C(OC)C=C(C)CC3=O)c3ccccc32)CC1C. The molecule has 7 nitrogen and oxygen atoms in total. The Bertz CT molecular complexity index is 1420. The van der Waals surface area contributed by atoms with Gasteiger partial charge in [-0.3, -0.25) is 9.59 Å². The van der Waals surface area contributed by atoms with Crippen LogP contribution in [0, 0.1) is 12.8 Å². The van der Waals surface area contributed by atoms with E-state index in [1.165, 1.54) is 0 Å². The first-order chi connectivity index (χ1) is 18.0. The monoisotopic (exact) mass is 540 g/mol. The number of fused-ring (bicyclic) bond motifs is 1. The van der Waals surface area contributed by atoms with Crippen molar-refractivity contribution in [1.29, 1.82) is 0 Å². The minimum atomic E-state index is -3.22. The highest BCUT2D eigenvalue weighted by molar-refractivity contribution is 7.89. The zero-order valence-corrected chi connectivity index (χ0v) is 24.2. The van der Waals surface area contributed by atoms with E-state index in [1.807, 2.05) is 45.0 Å². The van der Waals surface area contributed by atoms with Crippen LogP contribution in [0.4, 0.5) is 0 Å². The fourth-order valence-corrected chi connectivity index (χ4v) is 7.70. The molecule has 3 unspecified atom stereocenters. The van der Waals surface area contributed by atoms with Crippen molar-refractivity contribution >= 4 is 32.5 Å². The standard InChI is InChI=1S/C30H40N2O5S/c1-7-38(35,36)31-15-14-23(18-20(31)3)21(4)32-22(5)30(24-10-8-9-11-26(24)32)27(33)13-12-25-28(34)16-19(2)17-29(25)37-6/h8-11,17,20-21,23H,7,12-16,18H2,1-6H3. The number of aromatic nitrogens is 1. The van der Waals surface area contributed by atoms with E-state index in [0.29, 0.717) is 36.3 Å². The Hall–Kier alpha value is -2.71. The number of hydrogen-bond donors (Lipinski definition) is 0. The Labute approximate surface area is 226 Å². The van der Waals surface area contributed by atoms with Crippen molar-refractivity contribution in [2.75, 3.05) is 19.4 Å². The van der Waals surface area contributed by atoms with Gasteiger partial charge in [-0.05, 0) is 71.9 Å². The average molecular weight is 541 g/mol. The Morgan fingerprint density at radius 2 is 1.92 bits per heavy atom. The van der Waals surface area contributed by atoms with Crippen LogP contribution < -0.4 is 0 Å². The number of nitrogens with zero attached hydrogens (tertiary/aromatic N) is 2. The zero-order valence-electron chi connectivity index (χ0n) is 23.4. The highest BCUT2D eigenvalue weighted by Crippen LogP contribution is 2.38. The molecule has 4 rings (SSSR count). The van der Waals surface area contributed by atoms with Crippen LogP contribution in [0.1, 0.15) is 81.9 Å². The highest BCUT2D eigenvalue weighted by Gasteiger charge is 2.36. The van der Waals surface area contributed by atoms with Gasteiger partial charge in [0.05, 0.1) is 12.9 Å². The van der Waals surface area contributed by atoms with Gasteiger partial charge in [-0.1, -0.05) is 23.8 Å². The molecule has 1 aromatic carbocycles. The third-order valence-electron chi connectivity index (χ3n) is 8.38. The van der Waals surface area contributed by atoms with Crippen molar-refractivity contribution in [3.05, 3.63) is 58.5 Å². The third kappa shape index (κ3) is 5.25. The molecule has 3 atom stereocenters. The minimum absolute atomic E-state index is 0.0175. The van der Waals surface area contributed by atoms with Crippen LogP contribution in [0.15, 0.2) is 47.2 Å². The van der Waals surface area contributed by atoms with Crippen LogP contribution in [0.2, 0.25) is 0 Å². The van der Waals surface area contributed by atoms with Crippen LogP contribution >= 0.6 is 0 Å². The summed E-state index contributed by atoms with van der Waals surface area (Å²) >= 11 is 0. The summed E-state index contributed by atoms with van der Waals surface area (Å²) in [6.07, 6.45) is 4.39. The normalized spacial score (nSPS) is 22.1. The number of para-hydroxylation sites is 1. The zero-order chi connectivity index (χ0) is 27.8. The second-order valence-electron chi connectivity index (χ2n) is 10.8. The quantitative estimate of drug-likeness (QED) is 0.379. The Kier molecular flexibility index (Phi) is 8.33. The van der Waals surface area contributed by atoms with Gasteiger partial charge in [-0.2, -0.15) is 4.31 Å². The van der Waals surface area contributed by atoms with Crippen LogP contribution in [0.25, 0.3) is 10.9 Å². The van der Waals surface area contributed by atoms with Gasteiger partial charge >= 0.3 is 0 Å². The molecule has 0 spiro atoms. The summed E-state index contributed by atoms with van der Waals surface area (Å²) in [6, 6.07) is 8.04. The molecule has 0 bridgehead atoms. The summed E-state index contributed by atoms with van der Waals surface area (Å²) in [7, 11) is -1.66. The molecular weight excluding hydrogens is 500 g/mol.